The molecule has 1 aliphatic rings. The molecule has 0 spiro atoms. The number of phenolic OH excluding ortho intramolecular Hbond substituents is 1. The summed E-state index contributed by atoms with van der Waals surface area (Å²) in [6.07, 6.45) is 1.04. The van der Waals surface area contributed by atoms with Crippen molar-refractivity contribution in [2.45, 2.75) is 158 Å². The summed E-state index contributed by atoms with van der Waals surface area (Å²) in [5, 5.41) is 61.6. The Kier molecular flexibility index (Phi) is 32.1. The third-order valence-corrected chi connectivity index (χ3v) is 18.6. The van der Waals surface area contributed by atoms with Crippen molar-refractivity contribution in [1.82, 2.24) is 63.4 Å². The number of primary amides is 1. The number of rotatable bonds is 41. The van der Waals surface area contributed by atoms with Crippen molar-refractivity contribution >= 4 is 81.7 Å². The van der Waals surface area contributed by atoms with Gasteiger partial charge in [0.25, 0.3) is 0 Å². The first kappa shape index (κ1) is 82.6. The molecule has 0 bridgehead atoms. The van der Waals surface area contributed by atoms with E-state index in [0.717, 1.165) is 21.9 Å². The molecule has 7 aromatic carbocycles. The monoisotopic (exact) mass is 1490 g/mol. The summed E-state index contributed by atoms with van der Waals surface area (Å²) < 4.78 is 0. The van der Waals surface area contributed by atoms with E-state index in [-0.39, 0.29) is 82.6 Å². The molecule has 8 rings (SSSR count). The number of unbranched alkanes of at least 4 members (excludes halogenated alkanes) is 1. The van der Waals surface area contributed by atoms with Crippen LogP contribution in [0.5, 0.6) is 5.75 Å². The van der Waals surface area contributed by atoms with E-state index in [0.29, 0.717) is 54.6 Å². The van der Waals surface area contributed by atoms with Crippen LogP contribution in [-0.2, 0) is 91.4 Å². The molecule has 28 heteroatoms. The number of hydrogen-bond donors (Lipinski definition) is 16. The van der Waals surface area contributed by atoms with Crippen LogP contribution < -0.4 is 70.0 Å². The van der Waals surface area contributed by atoms with E-state index in [4.69, 9.17) is 16.9 Å². The Morgan fingerprint density at radius 2 is 0.853 bits per heavy atom. The van der Waals surface area contributed by atoms with Gasteiger partial charge < -0.3 is 85.1 Å². The number of nitrogens with two attached hydrogens (primary N) is 2. The van der Waals surface area contributed by atoms with Crippen LogP contribution in [0, 0.1) is 5.41 Å². The van der Waals surface area contributed by atoms with E-state index in [1.165, 1.54) is 43.0 Å². The van der Waals surface area contributed by atoms with E-state index in [9.17, 15) is 48.6 Å². The molecule has 18 N–H and O–H groups in total. The first-order valence-electron chi connectivity index (χ1n) is 36.6. The molecule has 0 saturated carbocycles. The maximum Gasteiger partial charge on any atom is 0.245 e. The van der Waals surface area contributed by atoms with Gasteiger partial charge in [-0.2, -0.15) is 0 Å². The van der Waals surface area contributed by atoms with Crippen molar-refractivity contribution < 1.29 is 63.0 Å². The molecule has 1 saturated heterocycles. The Balaban J connectivity index is 1.05. The molecule has 28 nitrogen and oxygen atoms in total. The van der Waals surface area contributed by atoms with Gasteiger partial charge >= 0.3 is 0 Å². The highest BCUT2D eigenvalue weighted by Gasteiger charge is 2.40. The van der Waals surface area contributed by atoms with Gasteiger partial charge in [-0.05, 0) is 115 Å². The Bertz CT molecular complexity index is 4220. The van der Waals surface area contributed by atoms with Crippen molar-refractivity contribution in [3.63, 3.8) is 0 Å². The van der Waals surface area contributed by atoms with Crippen LogP contribution in [0.1, 0.15) is 92.2 Å². The number of carbonyl (C=O) groups excluding carboxylic acids is 11. The Hall–Kier alpha value is -12.0. The van der Waals surface area contributed by atoms with Gasteiger partial charge in [0.15, 0.2) is 5.96 Å². The minimum Gasteiger partial charge on any atom is -0.508 e. The lowest BCUT2D eigenvalue weighted by Crippen LogP contribution is -2.61. The quantitative estimate of drug-likeness (QED) is 0.0148. The first-order chi connectivity index (χ1) is 52.5. The fraction of sp³-hybridized carbons (Fsp3) is 0.358. The largest absolute Gasteiger partial charge is 0.508 e. The summed E-state index contributed by atoms with van der Waals surface area (Å²) >= 11 is 0. The predicted octanol–water partition coefficient (Wildman–Crippen LogP) is 2.15. The molecule has 11 amide bonds. The van der Waals surface area contributed by atoms with Crippen LogP contribution in [-0.4, -0.2) is 173 Å². The fourth-order valence-electron chi connectivity index (χ4n) is 12.8. The zero-order valence-corrected chi connectivity index (χ0v) is 61.2. The first-order valence-corrected chi connectivity index (χ1v) is 36.6. The third kappa shape index (κ3) is 26.8. The minimum absolute atomic E-state index is 0.0231. The summed E-state index contributed by atoms with van der Waals surface area (Å²) in [4.78, 5) is 159. The van der Waals surface area contributed by atoms with E-state index in [2.05, 4.69) is 58.5 Å². The number of nitrogens with one attached hydrogen (secondary N) is 12. The van der Waals surface area contributed by atoms with Gasteiger partial charge in [0.2, 0.25) is 65.0 Å². The van der Waals surface area contributed by atoms with Gasteiger partial charge in [-0.15, -0.1) is 0 Å². The van der Waals surface area contributed by atoms with Crippen LogP contribution in [0.15, 0.2) is 188 Å². The molecular weight excluding hydrogens is 1390 g/mol. The lowest BCUT2D eigenvalue weighted by molar-refractivity contribution is -0.142. The van der Waals surface area contributed by atoms with Gasteiger partial charge in [0, 0.05) is 58.7 Å². The molecule has 7 aromatic rings. The maximum absolute atomic E-state index is 15.2. The number of likely N-dealkylation sites (tertiary alicyclic amines) is 1. The Morgan fingerprint density at radius 3 is 1.34 bits per heavy atom. The molecule has 576 valence electrons. The Labute approximate surface area is 633 Å². The second-order valence-electron chi connectivity index (χ2n) is 27.2. The number of benzene rings is 7. The van der Waals surface area contributed by atoms with Crippen LogP contribution in [0.3, 0.4) is 0 Å². The average molecular weight is 1490 g/mol. The summed E-state index contributed by atoms with van der Waals surface area (Å²) in [6, 6.07) is 41.2. The smallest absolute Gasteiger partial charge is 0.245 e. The van der Waals surface area contributed by atoms with Crippen LogP contribution in [0.2, 0.25) is 0 Å². The summed E-state index contributed by atoms with van der Waals surface area (Å²) in [5.74, 6) is -9.08. The Morgan fingerprint density at radius 1 is 0.450 bits per heavy atom. The summed E-state index contributed by atoms with van der Waals surface area (Å²) in [6.45, 7) is 2.93. The number of fused-ring (bicyclic) bond motifs is 1. The topological polar surface area (TPSA) is 440 Å². The molecule has 1 heterocycles. The number of phenols is 1. The molecule has 10 atom stereocenters. The normalized spacial score (nSPS) is 14.9. The number of hydrogen-bond acceptors (Lipinski definition) is 15. The number of aliphatic hydroxyl groups is 1. The van der Waals surface area contributed by atoms with Crippen molar-refractivity contribution in [2.24, 2.45) is 11.5 Å². The SMILES string of the molecule is CC(=O)NC(Cc1ccc2ccccc2c1)C(=O)NC(Cc1ccccc1)C(=O)NC(Cc1ccccc1)C(=O)NC(CO)C(=O)NC(Cc1ccc(O)cc1)C(=O)NC(CCCCNCc1ccccc1)C(=O)NC(Cc1ccccc1)C(=O)NC(CCCNC(=N)N)C(=O)N1CCCC1C(=O)NC(C)C(N)=O. The highest BCUT2D eigenvalue weighted by atomic mass is 16.3. The second-order valence-corrected chi connectivity index (χ2v) is 27.2. The maximum atomic E-state index is 15.2. The van der Waals surface area contributed by atoms with Gasteiger partial charge in [-0.3, -0.25) is 58.1 Å². The third-order valence-electron chi connectivity index (χ3n) is 18.6. The van der Waals surface area contributed by atoms with Gasteiger partial charge in [0.1, 0.15) is 66.2 Å². The molecule has 0 aliphatic carbocycles. The van der Waals surface area contributed by atoms with Crippen molar-refractivity contribution in [2.75, 3.05) is 26.2 Å². The molecule has 1 fully saturated rings. The summed E-state index contributed by atoms with van der Waals surface area (Å²) in [5.41, 5.74) is 15.0. The molecule has 0 radical (unpaired) electrons. The van der Waals surface area contributed by atoms with Crippen LogP contribution in [0.25, 0.3) is 10.8 Å². The minimum atomic E-state index is -1.80. The molecule has 10 unspecified atom stereocenters. The van der Waals surface area contributed by atoms with Crippen LogP contribution in [0.4, 0.5) is 0 Å². The van der Waals surface area contributed by atoms with Gasteiger partial charge in [-0.25, -0.2) is 0 Å². The molecule has 0 aromatic heterocycles. The number of amides is 11. The number of carbonyl (C=O) groups is 11. The zero-order valence-electron chi connectivity index (χ0n) is 61.2. The standard InChI is InChI=1S/C81H99N15O13/c1-51(71(82)100)87-79(108)70-33-20-42-96(70)80(109)63(32-19-41-86-81(83)84)90-75(104)65(44-53-21-7-3-8-22-53)91-72(101)62(31-17-18-40-85-49-57-27-13-6-14-28-57)89-74(103)68(47-56-35-38-61(99)39-36-56)94-78(107)69(50-97)95-77(106)67(46-55-25-11-5-12-26-55)93-76(105)66(45-54-23-9-4-10-24-54)92-73(102)64(88-52(2)98)48-58-34-37-59-29-15-16-30-60(59)43-58/h3-16,21-30,34-39,43,51,62-70,85,97,99H,17-20,31-33,40-42,44-50H2,1-2H3,(H2,82,100)(H,87,108)(H,88,98)(H,89,103)(H,90,104)(H,91,101)(H,92,102)(H,93,105)(H,94,107)(H,95,106)(H4,83,84,86). The molecule has 1 aliphatic heterocycles. The highest BCUT2D eigenvalue weighted by molar-refractivity contribution is 5.99. The van der Waals surface area contributed by atoms with E-state index < -0.39 is 132 Å². The van der Waals surface area contributed by atoms with Crippen LogP contribution >= 0.6 is 0 Å². The van der Waals surface area contributed by atoms with Crippen molar-refractivity contribution in [3.05, 3.63) is 221 Å². The summed E-state index contributed by atoms with van der Waals surface area (Å²) in [7, 11) is 0. The zero-order chi connectivity index (χ0) is 78.2. The number of guanidine groups is 1. The second kappa shape index (κ2) is 42.3. The van der Waals surface area contributed by atoms with Crippen molar-refractivity contribution in [3.8, 4) is 5.75 Å². The van der Waals surface area contributed by atoms with Crippen molar-refractivity contribution in [1.29, 1.82) is 5.41 Å². The number of aromatic hydroxyl groups is 1. The predicted molar refractivity (Wildman–Crippen MR) is 411 cm³/mol. The number of aliphatic hydroxyl groups excluding tert-OH is 1. The fourth-order valence-corrected chi connectivity index (χ4v) is 12.8. The average Bonchev–Trinajstić information content (AvgIpc) is 1.81. The number of nitrogens with zero attached hydrogens (tertiary/aromatic N) is 1. The van der Waals surface area contributed by atoms with Gasteiger partial charge in [-0.1, -0.05) is 176 Å². The van der Waals surface area contributed by atoms with E-state index in [1.807, 2.05) is 72.8 Å². The highest BCUT2D eigenvalue weighted by Crippen LogP contribution is 2.22. The molecular formula is C81H99N15O13. The lowest BCUT2D eigenvalue weighted by atomic mass is 9.99. The molecule has 109 heavy (non-hydrogen) atoms. The lowest BCUT2D eigenvalue weighted by Gasteiger charge is -2.31. The van der Waals surface area contributed by atoms with E-state index in [1.54, 1.807) is 91.0 Å². The van der Waals surface area contributed by atoms with Gasteiger partial charge in [0.05, 0.1) is 6.61 Å². The van der Waals surface area contributed by atoms with E-state index >= 15 is 14.4 Å².